The highest BCUT2D eigenvalue weighted by Crippen LogP contribution is 2.04. The van der Waals surface area contributed by atoms with Gasteiger partial charge in [-0.2, -0.15) is 0 Å². The summed E-state index contributed by atoms with van der Waals surface area (Å²) in [7, 11) is 0. The second-order valence-corrected chi connectivity index (χ2v) is 7.11. The molecule has 0 spiro atoms. The molecular formula is C23H46N2. The number of nitrogens with one attached hydrogen (secondary N) is 2. The molecule has 0 radical (unpaired) electrons. The van der Waals surface area contributed by atoms with Gasteiger partial charge in [0.2, 0.25) is 0 Å². The van der Waals surface area contributed by atoms with Crippen molar-refractivity contribution in [1.29, 1.82) is 0 Å². The summed E-state index contributed by atoms with van der Waals surface area (Å²) in [6.07, 6.45) is 26.6. The normalized spacial score (nSPS) is 11.9. The molecule has 0 aliphatic rings. The van der Waals surface area contributed by atoms with Gasteiger partial charge in [0.25, 0.3) is 0 Å². The van der Waals surface area contributed by atoms with Crippen LogP contribution in [-0.2, 0) is 0 Å². The van der Waals surface area contributed by atoms with Crippen LogP contribution in [0.1, 0.15) is 97.3 Å². The van der Waals surface area contributed by atoms with E-state index in [0.29, 0.717) is 0 Å². The lowest BCUT2D eigenvalue weighted by molar-refractivity contribution is 0.599. The van der Waals surface area contributed by atoms with Gasteiger partial charge >= 0.3 is 0 Å². The Morgan fingerprint density at radius 3 is 1.52 bits per heavy atom. The summed E-state index contributed by atoms with van der Waals surface area (Å²) in [6.45, 7) is 8.87. The van der Waals surface area contributed by atoms with Crippen molar-refractivity contribution in [1.82, 2.24) is 10.6 Å². The van der Waals surface area contributed by atoms with Crippen molar-refractivity contribution in [2.45, 2.75) is 97.3 Å². The van der Waals surface area contributed by atoms with Crippen molar-refractivity contribution in [2.24, 2.45) is 0 Å². The van der Waals surface area contributed by atoms with Gasteiger partial charge in [-0.3, -0.25) is 0 Å². The zero-order chi connectivity index (χ0) is 18.3. The molecule has 0 amide bonds. The third kappa shape index (κ3) is 23.4. The van der Waals surface area contributed by atoms with E-state index in [1.54, 1.807) is 0 Å². The summed E-state index contributed by atoms with van der Waals surface area (Å²) in [4.78, 5) is 0. The van der Waals surface area contributed by atoms with Crippen LogP contribution in [0.15, 0.2) is 24.3 Å². The topological polar surface area (TPSA) is 24.1 Å². The maximum Gasteiger partial charge on any atom is 0.0135 e. The summed E-state index contributed by atoms with van der Waals surface area (Å²) in [6, 6.07) is 0. The molecule has 0 fully saturated rings. The van der Waals surface area contributed by atoms with Gasteiger partial charge in [-0.15, -0.1) is 0 Å². The van der Waals surface area contributed by atoms with Crippen molar-refractivity contribution in [3.8, 4) is 0 Å². The molecule has 148 valence electrons. The minimum absolute atomic E-state index is 1.01. The van der Waals surface area contributed by atoms with Crippen molar-refractivity contribution in [3.63, 3.8) is 0 Å². The Kier molecular flexibility index (Phi) is 22.8. The average molecular weight is 351 g/mol. The molecule has 0 aliphatic carbocycles. The quantitative estimate of drug-likeness (QED) is 0.196. The summed E-state index contributed by atoms with van der Waals surface area (Å²) in [5.74, 6) is 0. The Labute approximate surface area is 158 Å². The van der Waals surface area contributed by atoms with Crippen LogP contribution < -0.4 is 10.6 Å². The highest BCUT2D eigenvalue weighted by molar-refractivity contribution is 4.85. The zero-order valence-electron chi connectivity index (χ0n) is 17.3. The highest BCUT2D eigenvalue weighted by atomic mass is 14.8. The number of hydrogen-bond acceptors (Lipinski definition) is 2. The van der Waals surface area contributed by atoms with E-state index in [2.05, 4.69) is 48.8 Å². The molecule has 0 rings (SSSR count). The first-order chi connectivity index (χ1) is 12.4. The molecule has 0 aromatic heterocycles. The Balaban J connectivity index is 3.09. The maximum atomic E-state index is 3.51. The second kappa shape index (κ2) is 23.4. The molecule has 0 aliphatic heterocycles. The largest absolute Gasteiger partial charge is 0.313 e. The first-order valence-corrected chi connectivity index (χ1v) is 11.1. The number of unbranched alkanes of at least 4 members (excludes halogenated alkanes) is 10. The Bertz CT molecular complexity index is 284. The van der Waals surface area contributed by atoms with Gasteiger partial charge in [0, 0.05) is 13.1 Å². The number of rotatable bonds is 20. The van der Waals surface area contributed by atoms with Gasteiger partial charge in [-0.05, 0) is 45.2 Å². The first kappa shape index (κ1) is 24.4. The van der Waals surface area contributed by atoms with E-state index in [-0.39, 0.29) is 0 Å². The van der Waals surface area contributed by atoms with Crippen molar-refractivity contribution in [2.75, 3.05) is 26.2 Å². The summed E-state index contributed by atoms with van der Waals surface area (Å²) < 4.78 is 0. The van der Waals surface area contributed by atoms with Crippen LogP contribution in [0.5, 0.6) is 0 Å². The van der Waals surface area contributed by atoms with E-state index < -0.39 is 0 Å². The predicted octanol–water partition coefficient (Wildman–Crippen LogP) is 6.39. The van der Waals surface area contributed by atoms with Crippen LogP contribution in [0.4, 0.5) is 0 Å². The molecule has 2 heteroatoms. The molecule has 0 heterocycles. The fourth-order valence-corrected chi connectivity index (χ4v) is 2.81. The third-order valence-corrected chi connectivity index (χ3v) is 4.51. The number of allylic oxidation sites excluding steroid dienone is 2. The lowest BCUT2D eigenvalue weighted by Crippen LogP contribution is -2.17. The van der Waals surface area contributed by atoms with Gasteiger partial charge in [0.05, 0.1) is 0 Å². The van der Waals surface area contributed by atoms with E-state index in [1.807, 2.05) is 0 Å². The van der Waals surface area contributed by atoms with Gasteiger partial charge in [-0.1, -0.05) is 89.5 Å². The van der Waals surface area contributed by atoms with E-state index in [4.69, 9.17) is 0 Å². The van der Waals surface area contributed by atoms with E-state index >= 15 is 0 Å². The Morgan fingerprint density at radius 2 is 0.960 bits per heavy atom. The molecule has 0 unspecified atom stereocenters. The van der Waals surface area contributed by atoms with Gasteiger partial charge in [0.15, 0.2) is 0 Å². The predicted molar refractivity (Wildman–Crippen MR) is 115 cm³/mol. The SMILES string of the molecule is CCCC/C=C\CCCCCCNC/C=C\CNCCCCCCC. The molecular weight excluding hydrogens is 304 g/mol. The molecule has 0 saturated carbocycles. The Morgan fingerprint density at radius 1 is 0.480 bits per heavy atom. The van der Waals surface area contributed by atoms with Crippen LogP contribution >= 0.6 is 0 Å². The van der Waals surface area contributed by atoms with E-state index in [1.165, 1.54) is 83.5 Å². The van der Waals surface area contributed by atoms with Crippen LogP contribution in [0.2, 0.25) is 0 Å². The van der Waals surface area contributed by atoms with Gasteiger partial charge < -0.3 is 10.6 Å². The van der Waals surface area contributed by atoms with Crippen molar-refractivity contribution >= 4 is 0 Å². The summed E-state index contributed by atoms with van der Waals surface area (Å²) >= 11 is 0. The molecule has 0 bridgehead atoms. The van der Waals surface area contributed by atoms with Crippen LogP contribution in [-0.4, -0.2) is 26.2 Å². The van der Waals surface area contributed by atoms with Crippen LogP contribution in [0.3, 0.4) is 0 Å². The molecule has 0 atom stereocenters. The smallest absolute Gasteiger partial charge is 0.0135 e. The molecule has 0 saturated heterocycles. The Hall–Kier alpha value is -0.600. The van der Waals surface area contributed by atoms with Crippen molar-refractivity contribution < 1.29 is 0 Å². The second-order valence-electron chi connectivity index (χ2n) is 7.11. The van der Waals surface area contributed by atoms with Gasteiger partial charge in [-0.25, -0.2) is 0 Å². The minimum Gasteiger partial charge on any atom is -0.313 e. The third-order valence-electron chi connectivity index (χ3n) is 4.51. The molecule has 0 aromatic rings. The standard InChI is InChI=1S/C23H46N2/c1-3-5-7-9-10-11-12-13-15-17-21-25-23-19-18-22-24-20-16-14-8-6-4-2/h9-10,18-19,24-25H,3-8,11-17,20-23H2,1-2H3/b10-9-,19-18-. The monoisotopic (exact) mass is 350 g/mol. The lowest BCUT2D eigenvalue weighted by atomic mass is 10.1. The zero-order valence-corrected chi connectivity index (χ0v) is 17.3. The molecule has 25 heavy (non-hydrogen) atoms. The average Bonchev–Trinajstić information content (AvgIpc) is 2.63. The maximum absolute atomic E-state index is 3.51. The van der Waals surface area contributed by atoms with E-state index in [0.717, 1.165) is 26.2 Å². The fourth-order valence-electron chi connectivity index (χ4n) is 2.81. The molecule has 0 aromatic carbocycles. The summed E-state index contributed by atoms with van der Waals surface area (Å²) in [5.41, 5.74) is 0. The number of hydrogen-bond donors (Lipinski definition) is 2. The van der Waals surface area contributed by atoms with Gasteiger partial charge in [0.1, 0.15) is 0 Å². The van der Waals surface area contributed by atoms with E-state index in [9.17, 15) is 0 Å². The molecule has 2 nitrogen and oxygen atoms in total. The first-order valence-electron chi connectivity index (χ1n) is 11.1. The van der Waals surface area contributed by atoms with Crippen LogP contribution in [0, 0.1) is 0 Å². The highest BCUT2D eigenvalue weighted by Gasteiger charge is 1.90. The van der Waals surface area contributed by atoms with Crippen LogP contribution in [0.25, 0.3) is 0 Å². The lowest BCUT2D eigenvalue weighted by Gasteiger charge is -2.02. The minimum atomic E-state index is 1.01. The fraction of sp³-hybridized carbons (Fsp3) is 0.826. The summed E-state index contributed by atoms with van der Waals surface area (Å²) in [5, 5.41) is 7.00. The molecule has 2 N–H and O–H groups in total. The van der Waals surface area contributed by atoms with Crippen molar-refractivity contribution in [3.05, 3.63) is 24.3 Å².